The fraction of sp³-hybridized carbons (Fsp3) is 0.364. The normalized spacial score (nSPS) is 15.7. The number of nitrogens with zero attached hydrogens (tertiary/aromatic N) is 2. The van der Waals surface area contributed by atoms with Gasteiger partial charge >= 0.3 is 7.12 Å². The molecule has 1 aliphatic rings. The first-order valence-corrected chi connectivity index (χ1v) is 5.51. The Balaban J connectivity index is 2.18. The Morgan fingerprint density at radius 3 is 2.75 bits per heavy atom. The standard InChI is InChI=1S/C11H13BN2O2/c1-7-11(8-2-3-8)13-10-5-4-9(12(15)16)6-14(7)10/h4-6,8,15-16H,2-3H2,1H3. The third kappa shape index (κ3) is 1.44. The van der Waals surface area contributed by atoms with Gasteiger partial charge in [-0.25, -0.2) is 4.98 Å². The van der Waals surface area contributed by atoms with Gasteiger partial charge in [-0.3, -0.25) is 0 Å². The molecule has 0 aromatic carbocycles. The minimum Gasteiger partial charge on any atom is -0.423 e. The lowest BCUT2D eigenvalue weighted by molar-refractivity contribution is 0.425. The molecule has 2 heterocycles. The van der Waals surface area contributed by atoms with E-state index in [1.165, 1.54) is 12.8 Å². The summed E-state index contributed by atoms with van der Waals surface area (Å²) in [7, 11) is -1.42. The number of fused-ring (bicyclic) bond motifs is 1. The minimum atomic E-state index is -1.42. The second kappa shape index (κ2) is 3.33. The monoisotopic (exact) mass is 216 g/mol. The smallest absolute Gasteiger partial charge is 0.423 e. The summed E-state index contributed by atoms with van der Waals surface area (Å²) in [5.41, 5.74) is 3.64. The van der Waals surface area contributed by atoms with E-state index in [0.717, 1.165) is 17.0 Å². The summed E-state index contributed by atoms with van der Waals surface area (Å²) in [6.07, 6.45) is 4.19. The first-order chi connectivity index (χ1) is 7.66. The summed E-state index contributed by atoms with van der Waals surface area (Å²) in [6.45, 7) is 2.03. The lowest BCUT2D eigenvalue weighted by atomic mass is 9.82. The topological polar surface area (TPSA) is 57.8 Å². The van der Waals surface area contributed by atoms with Crippen molar-refractivity contribution in [1.82, 2.24) is 9.38 Å². The molecule has 1 saturated carbocycles. The summed E-state index contributed by atoms with van der Waals surface area (Å²) in [5.74, 6) is 0.613. The average Bonchev–Trinajstić information content (AvgIpc) is 3.04. The summed E-state index contributed by atoms with van der Waals surface area (Å²) in [6, 6.07) is 3.52. The molecule has 0 saturated heterocycles. The van der Waals surface area contributed by atoms with Crippen molar-refractivity contribution in [2.45, 2.75) is 25.7 Å². The van der Waals surface area contributed by atoms with E-state index < -0.39 is 7.12 Å². The van der Waals surface area contributed by atoms with Gasteiger partial charge in [0.1, 0.15) is 5.65 Å². The molecule has 0 radical (unpaired) electrons. The van der Waals surface area contributed by atoms with Crippen molar-refractivity contribution in [2.75, 3.05) is 0 Å². The fourth-order valence-electron chi connectivity index (χ4n) is 2.09. The molecule has 3 rings (SSSR count). The van der Waals surface area contributed by atoms with Gasteiger partial charge in [0.25, 0.3) is 0 Å². The van der Waals surface area contributed by atoms with Gasteiger partial charge < -0.3 is 14.4 Å². The molecule has 2 N–H and O–H groups in total. The van der Waals surface area contributed by atoms with Gasteiger partial charge in [-0.15, -0.1) is 0 Å². The Labute approximate surface area is 93.7 Å². The third-order valence-electron chi connectivity index (χ3n) is 3.18. The van der Waals surface area contributed by atoms with Crippen molar-refractivity contribution in [2.24, 2.45) is 0 Å². The number of hydrogen-bond donors (Lipinski definition) is 2. The number of rotatable bonds is 2. The molecule has 0 bridgehead atoms. The van der Waals surface area contributed by atoms with Crippen LogP contribution in [-0.4, -0.2) is 26.6 Å². The Bertz CT molecular complexity index is 546. The van der Waals surface area contributed by atoms with Crippen molar-refractivity contribution in [1.29, 1.82) is 0 Å². The van der Waals surface area contributed by atoms with E-state index >= 15 is 0 Å². The van der Waals surface area contributed by atoms with Gasteiger partial charge in [0.05, 0.1) is 5.69 Å². The van der Waals surface area contributed by atoms with Crippen LogP contribution in [0.15, 0.2) is 18.3 Å². The number of aromatic nitrogens is 2. The Hall–Kier alpha value is -1.33. The summed E-state index contributed by atoms with van der Waals surface area (Å²) < 4.78 is 1.93. The zero-order chi connectivity index (χ0) is 11.3. The second-order valence-corrected chi connectivity index (χ2v) is 4.42. The molecule has 1 aliphatic carbocycles. The summed E-state index contributed by atoms with van der Waals surface area (Å²) in [5, 5.41) is 18.2. The maximum Gasteiger partial charge on any atom is 0.489 e. The first-order valence-electron chi connectivity index (χ1n) is 5.51. The maximum absolute atomic E-state index is 9.12. The largest absolute Gasteiger partial charge is 0.489 e. The Morgan fingerprint density at radius 2 is 2.12 bits per heavy atom. The molecule has 0 spiro atoms. The molecular formula is C11H13BN2O2. The van der Waals surface area contributed by atoms with Crippen LogP contribution in [-0.2, 0) is 0 Å². The lowest BCUT2D eigenvalue weighted by Crippen LogP contribution is -2.30. The van der Waals surface area contributed by atoms with Gasteiger partial charge in [0, 0.05) is 17.8 Å². The third-order valence-corrected chi connectivity index (χ3v) is 3.18. The van der Waals surface area contributed by atoms with Gasteiger partial charge in [0.2, 0.25) is 0 Å². The highest BCUT2D eigenvalue weighted by atomic mass is 16.4. The molecule has 0 amide bonds. The van der Waals surface area contributed by atoms with E-state index in [2.05, 4.69) is 4.98 Å². The van der Waals surface area contributed by atoms with Crippen LogP contribution in [0, 0.1) is 6.92 Å². The van der Waals surface area contributed by atoms with Crippen molar-refractivity contribution < 1.29 is 10.0 Å². The van der Waals surface area contributed by atoms with Gasteiger partial charge in [0.15, 0.2) is 0 Å². The van der Waals surface area contributed by atoms with Crippen molar-refractivity contribution in [3.63, 3.8) is 0 Å². The number of imidazole rings is 1. The van der Waals surface area contributed by atoms with Crippen LogP contribution in [0.2, 0.25) is 0 Å². The van der Waals surface area contributed by atoms with E-state index in [0.29, 0.717) is 11.4 Å². The number of hydrogen-bond acceptors (Lipinski definition) is 3. The van der Waals surface area contributed by atoms with Gasteiger partial charge in [-0.1, -0.05) is 6.07 Å². The molecule has 82 valence electrons. The van der Waals surface area contributed by atoms with E-state index in [9.17, 15) is 0 Å². The van der Waals surface area contributed by atoms with Crippen LogP contribution in [0.1, 0.15) is 30.1 Å². The Morgan fingerprint density at radius 1 is 1.38 bits per heavy atom. The molecule has 4 nitrogen and oxygen atoms in total. The highest BCUT2D eigenvalue weighted by Gasteiger charge is 2.28. The minimum absolute atomic E-state index is 0.496. The predicted molar refractivity (Wildman–Crippen MR) is 61.7 cm³/mol. The first kappa shape index (κ1) is 9.87. The van der Waals surface area contributed by atoms with Crippen LogP contribution in [0.5, 0.6) is 0 Å². The molecular weight excluding hydrogens is 203 g/mol. The average molecular weight is 216 g/mol. The number of pyridine rings is 1. The number of aryl methyl sites for hydroxylation is 1. The van der Waals surface area contributed by atoms with Crippen LogP contribution < -0.4 is 5.46 Å². The molecule has 2 aromatic rings. The van der Waals surface area contributed by atoms with Crippen LogP contribution in [0.25, 0.3) is 5.65 Å². The zero-order valence-electron chi connectivity index (χ0n) is 9.09. The van der Waals surface area contributed by atoms with Crippen LogP contribution >= 0.6 is 0 Å². The fourth-order valence-corrected chi connectivity index (χ4v) is 2.09. The SMILES string of the molecule is Cc1c(C2CC2)nc2ccc(B(O)O)cn12. The van der Waals surface area contributed by atoms with Crippen molar-refractivity contribution in [3.8, 4) is 0 Å². The molecule has 16 heavy (non-hydrogen) atoms. The highest BCUT2D eigenvalue weighted by Crippen LogP contribution is 2.40. The quantitative estimate of drug-likeness (QED) is 0.705. The van der Waals surface area contributed by atoms with E-state index in [1.54, 1.807) is 12.3 Å². The molecule has 0 atom stereocenters. The van der Waals surface area contributed by atoms with Crippen molar-refractivity contribution in [3.05, 3.63) is 29.7 Å². The van der Waals surface area contributed by atoms with E-state index in [-0.39, 0.29) is 0 Å². The highest BCUT2D eigenvalue weighted by molar-refractivity contribution is 6.58. The molecule has 1 fully saturated rings. The molecule has 0 unspecified atom stereocenters. The Kier molecular flexibility index (Phi) is 2.06. The van der Waals surface area contributed by atoms with Crippen LogP contribution in [0.4, 0.5) is 0 Å². The zero-order valence-corrected chi connectivity index (χ0v) is 9.09. The lowest BCUT2D eigenvalue weighted by Gasteiger charge is -2.01. The molecule has 5 heteroatoms. The summed E-state index contributed by atoms with van der Waals surface area (Å²) >= 11 is 0. The predicted octanol–water partition coefficient (Wildman–Crippen LogP) is 0.200. The van der Waals surface area contributed by atoms with E-state index in [4.69, 9.17) is 10.0 Å². The molecule has 0 aliphatic heterocycles. The van der Waals surface area contributed by atoms with Gasteiger partial charge in [-0.05, 0) is 31.3 Å². The van der Waals surface area contributed by atoms with Crippen LogP contribution in [0.3, 0.4) is 0 Å². The maximum atomic E-state index is 9.12. The van der Waals surface area contributed by atoms with Gasteiger partial charge in [-0.2, -0.15) is 0 Å². The second-order valence-electron chi connectivity index (χ2n) is 4.42. The van der Waals surface area contributed by atoms with Crippen molar-refractivity contribution >= 4 is 18.2 Å². The van der Waals surface area contributed by atoms with E-state index in [1.807, 2.05) is 17.4 Å². The molecule has 2 aromatic heterocycles. The summed E-state index contributed by atoms with van der Waals surface area (Å²) in [4.78, 5) is 4.57.